The molecule has 0 spiro atoms. The highest BCUT2D eigenvalue weighted by Gasteiger charge is 2.57. The van der Waals surface area contributed by atoms with Crippen LogP contribution in [0.4, 0.5) is 0 Å². The van der Waals surface area contributed by atoms with Crippen LogP contribution >= 0.6 is 0 Å². The van der Waals surface area contributed by atoms with E-state index in [1.807, 2.05) is 0 Å². The Hall–Kier alpha value is -0.570. The molecular formula is C7H11NO2. The summed E-state index contributed by atoms with van der Waals surface area (Å²) in [4.78, 5) is 10.5. The molecule has 1 aliphatic heterocycles. The van der Waals surface area contributed by atoms with Crippen molar-refractivity contribution in [1.82, 2.24) is 5.32 Å². The zero-order valence-corrected chi connectivity index (χ0v) is 5.87. The molecule has 1 aliphatic carbocycles. The number of carboxylic acids is 1. The number of rotatable bonds is 1. The van der Waals surface area contributed by atoms with Crippen molar-refractivity contribution in [3.63, 3.8) is 0 Å². The maximum atomic E-state index is 10.5. The summed E-state index contributed by atoms with van der Waals surface area (Å²) < 4.78 is 0. The molecule has 0 aromatic rings. The molecule has 2 fully saturated rings. The maximum absolute atomic E-state index is 10.5. The minimum atomic E-state index is -0.683. The molecule has 1 saturated carbocycles. The fourth-order valence-corrected chi connectivity index (χ4v) is 2.10. The van der Waals surface area contributed by atoms with E-state index in [4.69, 9.17) is 5.11 Å². The Bertz CT molecular complexity index is 180. The third-order valence-electron chi connectivity index (χ3n) is 2.86. The topological polar surface area (TPSA) is 49.3 Å². The molecular weight excluding hydrogens is 130 g/mol. The van der Waals surface area contributed by atoms with Gasteiger partial charge in [0.15, 0.2) is 0 Å². The van der Waals surface area contributed by atoms with Crippen LogP contribution in [0.5, 0.6) is 0 Å². The lowest BCUT2D eigenvalue weighted by Gasteiger charge is -2.07. The third-order valence-corrected chi connectivity index (χ3v) is 2.86. The van der Waals surface area contributed by atoms with E-state index in [1.165, 1.54) is 0 Å². The van der Waals surface area contributed by atoms with Gasteiger partial charge < -0.3 is 10.4 Å². The second-order valence-corrected chi connectivity index (χ2v) is 3.32. The molecule has 0 aromatic heterocycles. The van der Waals surface area contributed by atoms with Gasteiger partial charge in [-0.15, -0.1) is 0 Å². The standard InChI is InChI=1S/C7H11NO2/c1-3-4-2-8-6(5(3)4)7(9)10/h3-6,8H,2H2,1H3,(H,9,10)/t3-,4+,5-,6+/m1/s1. The van der Waals surface area contributed by atoms with Crippen LogP contribution in [0.3, 0.4) is 0 Å². The Balaban J connectivity index is 2.07. The maximum Gasteiger partial charge on any atom is 0.321 e. The Morgan fingerprint density at radius 3 is 2.70 bits per heavy atom. The van der Waals surface area contributed by atoms with Crippen molar-refractivity contribution < 1.29 is 9.90 Å². The second kappa shape index (κ2) is 1.72. The summed E-state index contributed by atoms with van der Waals surface area (Å²) in [5.41, 5.74) is 0. The van der Waals surface area contributed by atoms with Gasteiger partial charge in [0.2, 0.25) is 0 Å². The summed E-state index contributed by atoms with van der Waals surface area (Å²) in [6.07, 6.45) is 0. The Morgan fingerprint density at radius 2 is 2.40 bits per heavy atom. The van der Waals surface area contributed by atoms with E-state index in [0.29, 0.717) is 17.8 Å². The number of piperidine rings is 1. The van der Waals surface area contributed by atoms with Crippen LogP contribution in [0.15, 0.2) is 0 Å². The van der Waals surface area contributed by atoms with Gasteiger partial charge >= 0.3 is 5.97 Å². The lowest BCUT2D eigenvalue weighted by Crippen LogP contribution is -2.35. The Kier molecular flexibility index (Phi) is 1.06. The van der Waals surface area contributed by atoms with E-state index >= 15 is 0 Å². The average Bonchev–Trinajstić information content (AvgIpc) is 2.42. The highest BCUT2D eigenvalue weighted by Crippen LogP contribution is 2.51. The number of hydrogen-bond acceptors (Lipinski definition) is 2. The van der Waals surface area contributed by atoms with E-state index in [-0.39, 0.29) is 6.04 Å². The van der Waals surface area contributed by atoms with Crippen molar-refractivity contribution in [2.45, 2.75) is 13.0 Å². The van der Waals surface area contributed by atoms with E-state index in [0.717, 1.165) is 6.54 Å². The molecule has 2 rings (SSSR count). The van der Waals surface area contributed by atoms with Crippen molar-refractivity contribution in [2.24, 2.45) is 17.8 Å². The minimum Gasteiger partial charge on any atom is -0.480 e. The van der Waals surface area contributed by atoms with Crippen molar-refractivity contribution in [3.8, 4) is 0 Å². The molecule has 0 amide bonds. The monoisotopic (exact) mass is 141 g/mol. The molecule has 0 radical (unpaired) electrons. The molecule has 1 saturated heterocycles. The van der Waals surface area contributed by atoms with Crippen LogP contribution < -0.4 is 5.32 Å². The summed E-state index contributed by atoms with van der Waals surface area (Å²) in [6.45, 7) is 3.04. The van der Waals surface area contributed by atoms with Gasteiger partial charge in [-0.3, -0.25) is 4.79 Å². The molecule has 2 N–H and O–H groups in total. The first-order valence-electron chi connectivity index (χ1n) is 3.68. The molecule has 0 bridgehead atoms. The first-order chi connectivity index (χ1) is 4.72. The van der Waals surface area contributed by atoms with Crippen molar-refractivity contribution >= 4 is 5.97 Å². The van der Waals surface area contributed by atoms with Gasteiger partial charge in [-0.05, 0) is 24.3 Å². The zero-order valence-electron chi connectivity index (χ0n) is 5.87. The number of carbonyl (C=O) groups is 1. The molecule has 2 aliphatic rings. The van der Waals surface area contributed by atoms with E-state index in [2.05, 4.69) is 12.2 Å². The Labute approximate surface area is 59.4 Å². The van der Waals surface area contributed by atoms with Gasteiger partial charge in [-0.2, -0.15) is 0 Å². The first kappa shape index (κ1) is 6.16. The highest BCUT2D eigenvalue weighted by atomic mass is 16.4. The molecule has 0 unspecified atom stereocenters. The van der Waals surface area contributed by atoms with Crippen LogP contribution in [0.25, 0.3) is 0 Å². The number of hydrogen-bond donors (Lipinski definition) is 2. The number of nitrogens with one attached hydrogen (secondary N) is 1. The minimum absolute atomic E-state index is 0.250. The smallest absolute Gasteiger partial charge is 0.321 e. The van der Waals surface area contributed by atoms with Gasteiger partial charge in [-0.25, -0.2) is 0 Å². The molecule has 0 aromatic carbocycles. The normalized spacial score (nSPS) is 50.5. The number of carboxylic acid groups (broad SMARTS) is 1. The van der Waals surface area contributed by atoms with E-state index in [9.17, 15) is 4.79 Å². The SMILES string of the molecule is C[C@@H]1[C@@H]2CN[C@H](C(=O)O)[C@H]12. The van der Waals surface area contributed by atoms with Gasteiger partial charge in [0.1, 0.15) is 6.04 Å². The third kappa shape index (κ3) is 0.611. The highest BCUT2D eigenvalue weighted by molar-refractivity contribution is 5.75. The zero-order chi connectivity index (χ0) is 7.30. The molecule has 10 heavy (non-hydrogen) atoms. The second-order valence-electron chi connectivity index (χ2n) is 3.32. The van der Waals surface area contributed by atoms with Crippen LogP contribution in [0.2, 0.25) is 0 Å². The summed E-state index contributed by atoms with van der Waals surface area (Å²) in [5.74, 6) is 1.04. The summed E-state index contributed by atoms with van der Waals surface area (Å²) in [7, 11) is 0. The summed E-state index contributed by atoms with van der Waals surface area (Å²) >= 11 is 0. The van der Waals surface area contributed by atoms with Gasteiger partial charge in [0.05, 0.1) is 0 Å². The fourth-order valence-electron chi connectivity index (χ4n) is 2.10. The molecule has 3 heteroatoms. The Morgan fingerprint density at radius 1 is 1.70 bits per heavy atom. The van der Waals surface area contributed by atoms with E-state index in [1.54, 1.807) is 0 Å². The van der Waals surface area contributed by atoms with Crippen molar-refractivity contribution in [2.75, 3.05) is 6.54 Å². The fraction of sp³-hybridized carbons (Fsp3) is 0.857. The van der Waals surface area contributed by atoms with Gasteiger partial charge in [-0.1, -0.05) is 6.92 Å². The summed E-state index contributed by atoms with van der Waals surface area (Å²) in [6, 6.07) is -0.250. The van der Waals surface area contributed by atoms with E-state index < -0.39 is 5.97 Å². The summed E-state index contributed by atoms with van der Waals surface area (Å²) in [5, 5.41) is 11.7. The predicted octanol–water partition coefficient (Wildman–Crippen LogP) is -0.0751. The lowest BCUT2D eigenvalue weighted by atomic mass is 10.2. The lowest BCUT2D eigenvalue weighted by molar-refractivity contribution is -0.139. The molecule has 3 nitrogen and oxygen atoms in total. The first-order valence-corrected chi connectivity index (χ1v) is 3.68. The van der Waals surface area contributed by atoms with Crippen LogP contribution in [-0.2, 0) is 4.79 Å². The number of aliphatic carboxylic acids is 1. The van der Waals surface area contributed by atoms with Crippen LogP contribution in [-0.4, -0.2) is 23.7 Å². The quantitative estimate of drug-likeness (QED) is 0.537. The van der Waals surface area contributed by atoms with Crippen molar-refractivity contribution in [1.29, 1.82) is 0 Å². The average molecular weight is 141 g/mol. The van der Waals surface area contributed by atoms with Crippen LogP contribution in [0.1, 0.15) is 6.92 Å². The van der Waals surface area contributed by atoms with Gasteiger partial charge in [0, 0.05) is 0 Å². The largest absolute Gasteiger partial charge is 0.480 e. The molecule has 1 heterocycles. The van der Waals surface area contributed by atoms with Gasteiger partial charge in [0.25, 0.3) is 0 Å². The molecule has 4 atom stereocenters. The predicted molar refractivity (Wildman–Crippen MR) is 35.6 cm³/mol. The molecule has 56 valence electrons. The van der Waals surface area contributed by atoms with Crippen LogP contribution in [0, 0.1) is 17.8 Å². The number of fused-ring (bicyclic) bond motifs is 1. The van der Waals surface area contributed by atoms with Crippen molar-refractivity contribution in [3.05, 3.63) is 0 Å².